The summed E-state index contributed by atoms with van der Waals surface area (Å²) >= 11 is 0. The number of aromatic nitrogens is 2. The Morgan fingerprint density at radius 2 is 1.68 bits per heavy atom. The van der Waals surface area contributed by atoms with Gasteiger partial charge in [-0.1, -0.05) is 12.1 Å². The van der Waals surface area contributed by atoms with Crippen molar-refractivity contribution in [3.05, 3.63) is 73.1 Å². The van der Waals surface area contributed by atoms with Crippen LogP contribution in [0.15, 0.2) is 78.0 Å². The summed E-state index contributed by atoms with van der Waals surface area (Å²) in [5.41, 5.74) is 2.28. The van der Waals surface area contributed by atoms with E-state index in [-0.39, 0.29) is 16.6 Å². The predicted octanol–water partition coefficient (Wildman–Crippen LogP) is 4.05. The quantitative estimate of drug-likeness (QED) is 0.394. The van der Waals surface area contributed by atoms with Crippen LogP contribution in [-0.4, -0.2) is 38.1 Å². The fourth-order valence-electron chi connectivity index (χ4n) is 3.49. The molecule has 0 spiro atoms. The van der Waals surface area contributed by atoms with E-state index >= 15 is 0 Å². The van der Waals surface area contributed by atoms with Crippen LogP contribution in [0.1, 0.15) is 13.0 Å². The summed E-state index contributed by atoms with van der Waals surface area (Å²) in [4.78, 5) is 17.2. The van der Waals surface area contributed by atoms with Gasteiger partial charge in [-0.2, -0.15) is 0 Å². The van der Waals surface area contributed by atoms with E-state index in [9.17, 15) is 13.2 Å². The normalized spacial score (nSPS) is 12.2. The van der Waals surface area contributed by atoms with Gasteiger partial charge in [-0.25, -0.2) is 13.4 Å². The molecule has 0 saturated heterocycles. The highest BCUT2D eigenvalue weighted by molar-refractivity contribution is 7.92. The summed E-state index contributed by atoms with van der Waals surface area (Å²) in [6.07, 6.45) is 1.61. The summed E-state index contributed by atoms with van der Waals surface area (Å²) in [7, 11) is -1.10. The minimum Gasteiger partial charge on any atom is -0.497 e. The van der Waals surface area contributed by atoms with Crippen molar-refractivity contribution in [3.8, 4) is 11.5 Å². The summed E-state index contributed by atoms with van der Waals surface area (Å²) in [5, 5.41) is 2.79. The third-order valence-corrected chi connectivity index (χ3v) is 6.74. The molecule has 0 fully saturated rings. The second-order valence-corrected chi connectivity index (χ2v) is 9.16. The van der Waals surface area contributed by atoms with E-state index in [0.717, 1.165) is 11.0 Å². The molecule has 0 radical (unpaired) electrons. The summed E-state index contributed by atoms with van der Waals surface area (Å²) in [6, 6.07) is 17.8. The van der Waals surface area contributed by atoms with Crippen molar-refractivity contribution in [1.82, 2.24) is 9.55 Å². The first-order valence-electron chi connectivity index (χ1n) is 10.4. The lowest BCUT2D eigenvalue weighted by Gasteiger charge is -2.17. The SMILES string of the molecule is COc1ccc(NS(=O)(=O)c2cc(NC(=O)C(C)n3cnc4ccccc43)ccc2OC)cc1. The van der Waals surface area contributed by atoms with E-state index in [2.05, 4.69) is 15.0 Å². The molecular weight excluding hydrogens is 456 g/mol. The second kappa shape index (κ2) is 9.44. The van der Waals surface area contributed by atoms with Crippen LogP contribution in [0.5, 0.6) is 11.5 Å². The van der Waals surface area contributed by atoms with Crippen LogP contribution in [0.25, 0.3) is 11.0 Å². The number of nitrogens with one attached hydrogen (secondary N) is 2. The molecule has 2 N–H and O–H groups in total. The fraction of sp³-hybridized carbons (Fsp3) is 0.167. The highest BCUT2D eigenvalue weighted by Crippen LogP contribution is 2.30. The van der Waals surface area contributed by atoms with E-state index in [1.165, 1.54) is 26.4 Å². The summed E-state index contributed by atoms with van der Waals surface area (Å²) < 4.78 is 40.8. The first-order chi connectivity index (χ1) is 16.3. The van der Waals surface area contributed by atoms with Crippen molar-refractivity contribution < 1.29 is 22.7 Å². The predicted molar refractivity (Wildman–Crippen MR) is 130 cm³/mol. The number of sulfonamides is 1. The van der Waals surface area contributed by atoms with Gasteiger partial charge in [0.15, 0.2) is 0 Å². The zero-order valence-corrected chi connectivity index (χ0v) is 19.7. The lowest BCUT2D eigenvalue weighted by Crippen LogP contribution is -2.23. The van der Waals surface area contributed by atoms with Crippen molar-refractivity contribution in [3.63, 3.8) is 0 Å². The average molecular weight is 481 g/mol. The van der Waals surface area contributed by atoms with Crippen LogP contribution in [0.3, 0.4) is 0 Å². The number of amides is 1. The molecule has 1 unspecified atom stereocenters. The Labute approximate surface area is 197 Å². The van der Waals surface area contributed by atoms with Gasteiger partial charge in [0.1, 0.15) is 22.4 Å². The molecule has 0 saturated carbocycles. The highest BCUT2D eigenvalue weighted by Gasteiger charge is 2.22. The Hall–Kier alpha value is -4.05. The number of para-hydroxylation sites is 2. The molecular formula is C24H24N4O5S. The Morgan fingerprint density at radius 1 is 0.971 bits per heavy atom. The number of fused-ring (bicyclic) bond motifs is 1. The number of hydrogen-bond donors (Lipinski definition) is 2. The highest BCUT2D eigenvalue weighted by atomic mass is 32.2. The third kappa shape index (κ3) is 4.67. The van der Waals surface area contributed by atoms with Crippen molar-refractivity contribution >= 4 is 38.3 Å². The van der Waals surface area contributed by atoms with E-state index < -0.39 is 16.1 Å². The number of rotatable bonds is 8. The van der Waals surface area contributed by atoms with E-state index in [4.69, 9.17) is 9.47 Å². The Morgan fingerprint density at radius 3 is 2.38 bits per heavy atom. The lowest BCUT2D eigenvalue weighted by molar-refractivity contribution is -0.118. The number of carbonyl (C=O) groups is 1. The summed E-state index contributed by atoms with van der Waals surface area (Å²) in [6.45, 7) is 1.75. The molecule has 4 rings (SSSR count). The van der Waals surface area contributed by atoms with E-state index in [1.54, 1.807) is 48.1 Å². The number of nitrogens with zero attached hydrogens (tertiary/aromatic N) is 2. The number of ether oxygens (including phenoxy) is 2. The van der Waals surface area contributed by atoms with E-state index in [0.29, 0.717) is 17.1 Å². The Balaban J connectivity index is 1.58. The molecule has 1 heterocycles. The monoisotopic (exact) mass is 480 g/mol. The molecule has 0 aliphatic heterocycles. The molecule has 0 aliphatic rings. The van der Waals surface area contributed by atoms with E-state index in [1.807, 2.05) is 24.3 Å². The lowest BCUT2D eigenvalue weighted by atomic mass is 10.2. The maximum atomic E-state index is 13.1. The zero-order valence-electron chi connectivity index (χ0n) is 18.8. The van der Waals surface area contributed by atoms with Gasteiger partial charge in [0.2, 0.25) is 5.91 Å². The van der Waals surface area contributed by atoms with Crippen LogP contribution in [-0.2, 0) is 14.8 Å². The van der Waals surface area contributed by atoms with Crippen LogP contribution in [0, 0.1) is 0 Å². The topological polar surface area (TPSA) is 112 Å². The number of imidazole rings is 1. The van der Waals surface area contributed by atoms with Crippen molar-refractivity contribution in [2.24, 2.45) is 0 Å². The maximum absolute atomic E-state index is 13.1. The van der Waals surface area contributed by atoms with Crippen molar-refractivity contribution in [2.75, 3.05) is 24.3 Å². The van der Waals surface area contributed by atoms with Crippen molar-refractivity contribution in [1.29, 1.82) is 0 Å². The van der Waals surface area contributed by atoms with Gasteiger partial charge < -0.3 is 19.4 Å². The summed E-state index contributed by atoms with van der Waals surface area (Å²) in [5.74, 6) is 0.428. The standard InChI is InChI=1S/C24H24N4O5S/c1-16(28-15-25-20-6-4-5-7-21(20)28)24(29)26-18-10-13-22(33-3)23(14-18)34(30,31)27-17-8-11-19(32-2)12-9-17/h4-16,27H,1-3H3,(H,26,29). The fourth-order valence-corrected chi connectivity index (χ4v) is 4.75. The third-order valence-electron chi connectivity index (χ3n) is 5.34. The zero-order chi connectivity index (χ0) is 24.3. The molecule has 1 aromatic heterocycles. The first kappa shape index (κ1) is 23.1. The molecule has 34 heavy (non-hydrogen) atoms. The molecule has 0 bridgehead atoms. The van der Waals surface area contributed by atoms with Gasteiger partial charge in [-0.15, -0.1) is 0 Å². The Kier molecular flexibility index (Phi) is 6.42. The Bertz CT molecular complexity index is 1430. The van der Waals surface area contributed by atoms with Crippen LogP contribution < -0.4 is 19.5 Å². The molecule has 176 valence electrons. The minimum atomic E-state index is -4.01. The molecule has 0 aliphatic carbocycles. The van der Waals surface area contributed by atoms with Gasteiger partial charge in [0.05, 0.1) is 31.6 Å². The molecule has 1 atom stereocenters. The van der Waals surface area contributed by atoms with Gasteiger partial charge in [0.25, 0.3) is 10.0 Å². The molecule has 9 nitrogen and oxygen atoms in total. The van der Waals surface area contributed by atoms with Crippen molar-refractivity contribution in [2.45, 2.75) is 17.9 Å². The second-order valence-electron chi connectivity index (χ2n) is 7.51. The molecule has 1 amide bonds. The number of carbonyl (C=O) groups excluding carboxylic acids is 1. The van der Waals surface area contributed by atoms with Gasteiger partial charge in [-0.05, 0) is 61.5 Å². The molecule has 3 aromatic carbocycles. The minimum absolute atomic E-state index is 0.107. The van der Waals surface area contributed by atoms with Gasteiger partial charge in [-0.3, -0.25) is 9.52 Å². The average Bonchev–Trinajstić information content (AvgIpc) is 3.28. The van der Waals surface area contributed by atoms with Crippen LogP contribution >= 0.6 is 0 Å². The maximum Gasteiger partial charge on any atom is 0.265 e. The number of anilines is 2. The number of hydrogen-bond acceptors (Lipinski definition) is 6. The van der Waals surface area contributed by atoms with Crippen LogP contribution in [0.4, 0.5) is 11.4 Å². The first-order valence-corrected chi connectivity index (χ1v) is 11.9. The van der Waals surface area contributed by atoms with Gasteiger partial charge >= 0.3 is 0 Å². The van der Waals surface area contributed by atoms with Gasteiger partial charge in [0, 0.05) is 11.4 Å². The number of methoxy groups -OCH3 is 2. The smallest absolute Gasteiger partial charge is 0.265 e. The number of benzene rings is 3. The largest absolute Gasteiger partial charge is 0.497 e. The van der Waals surface area contributed by atoms with Crippen LogP contribution in [0.2, 0.25) is 0 Å². The molecule has 10 heteroatoms. The molecule has 4 aromatic rings.